The SMILES string of the molecule is CC.CC.CC.CC.CC.Cc1ccc(-c2ccccc2)nc1.O=C(CSc1nc2c(c(=O)n1-c1ccccc1)SCC2)Nc1ccc(-c2cccnc2)cc1.O=C(CSc1nc2c(c(=O)n1-c1ccccc1)SCC2)Nc1ccc(-c2cccs2)cn1. The first-order chi connectivity index (χ1) is 43.2. The highest BCUT2D eigenvalue weighted by Crippen LogP contribution is 2.32. The van der Waals surface area contributed by atoms with Crippen LogP contribution in [0.5, 0.6) is 0 Å². The lowest BCUT2D eigenvalue weighted by Gasteiger charge is -2.13. The summed E-state index contributed by atoms with van der Waals surface area (Å²) in [5.74, 6) is 2.13. The lowest BCUT2D eigenvalue weighted by Crippen LogP contribution is -2.24. The van der Waals surface area contributed by atoms with Crippen LogP contribution in [-0.2, 0) is 22.4 Å². The molecule has 4 aromatic carbocycles. The van der Waals surface area contributed by atoms with E-state index < -0.39 is 0 Å². The van der Waals surface area contributed by atoms with E-state index in [-0.39, 0.29) is 34.4 Å². The van der Waals surface area contributed by atoms with Gasteiger partial charge in [-0.1, -0.05) is 190 Å². The summed E-state index contributed by atoms with van der Waals surface area (Å²) < 4.78 is 3.21. The molecule has 0 unspecified atom stereocenters. The zero-order chi connectivity index (χ0) is 63.6. The molecule has 8 heterocycles. The van der Waals surface area contributed by atoms with Gasteiger partial charge in [0.1, 0.15) is 5.82 Å². The molecule has 2 amide bonds. The molecule has 458 valence electrons. The minimum atomic E-state index is -0.199. The Bertz CT molecular complexity index is 3770. The van der Waals surface area contributed by atoms with Crippen molar-refractivity contribution in [1.29, 1.82) is 0 Å². The van der Waals surface area contributed by atoms with E-state index in [0.29, 0.717) is 31.6 Å². The highest BCUT2D eigenvalue weighted by atomic mass is 32.2. The standard InChI is InChI=1S/C25H20N4O2S2.C23H18N4O2S3.C12H11N.5C2H6/c30-22(27-19-10-8-17(9-11-19)18-5-4-13-26-15-18)16-33-25-28-21-12-14-32-23(21)24(31)29(25)20-6-2-1-3-7-20;28-20(26-19-9-8-15(13-24-19)18-7-4-11-30-18)14-32-23-25-17-10-12-31-21(17)22(29)27(23)16-5-2-1-3-6-16;1-10-7-8-12(13-9-10)11-5-3-2-4-6-11;5*1-2/h1-11,13,15H,12,14,16H2,(H,27,30);1-9,11,13H,10,12,14H2,(H,24,26,28);2-9H,1H3;5*1-2H3. The Morgan fingerprint density at radius 3 is 1.48 bits per heavy atom. The third kappa shape index (κ3) is 20.3. The van der Waals surface area contributed by atoms with Gasteiger partial charge in [0, 0.05) is 70.8 Å². The lowest BCUT2D eigenvalue weighted by atomic mass is 10.1. The first-order valence-corrected chi connectivity index (χ1v) is 34.6. The summed E-state index contributed by atoms with van der Waals surface area (Å²) in [4.78, 5) is 76.3. The van der Waals surface area contributed by atoms with E-state index in [2.05, 4.69) is 43.8 Å². The average molecular weight is 1270 g/mol. The number of nitrogens with zero attached hydrogens (tertiary/aromatic N) is 7. The molecule has 0 spiro atoms. The third-order valence-corrected chi connectivity index (χ3v) is 17.0. The fraction of sp³-hybridized carbons (Fsp3) is 0.243. The number of carbonyl (C=O) groups is 2. The molecule has 0 bridgehead atoms. The average Bonchev–Trinajstić information content (AvgIpc) is 4.53. The van der Waals surface area contributed by atoms with Crippen LogP contribution >= 0.6 is 58.4 Å². The monoisotopic (exact) mass is 1270 g/mol. The summed E-state index contributed by atoms with van der Waals surface area (Å²) in [5.41, 5.74) is 10.2. The van der Waals surface area contributed by atoms with Crippen molar-refractivity contribution in [3.8, 4) is 44.2 Å². The van der Waals surface area contributed by atoms with Gasteiger partial charge in [0.25, 0.3) is 11.1 Å². The van der Waals surface area contributed by atoms with E-state index in [4.69, 9.17) is 9.97 Å². The van der Waals surface area contributed by atoms with E-state index in [1.165, 1.54) is 34.7 Å². The van der Waals surface area contributed by atoms with Crippen LogP contribution in [0.15, 0.2) is 224 Å². The maximum absolute atomic E-state index is 13.2. The summed E-state index contributed by atoms with van der Waals surface area (Å²) in [7, 11) is 0. The second-order valence-electron chi connectivity index (χ2n) is 17.5. The minimum Gasteiger partial charge on any atom is -0.325 e. The molecule has 13 nitrogen and oxygen atoms in total. The van der Waals surface area contributed by atoms with Crippen LogP contribution in [0.3, 0.4) is 0 Å². The van der Waals surface area contributed by atoms with Gasteiger partial charge in [-0.15, -0.1) is 34.9 Å². The number of carbonyl (C=O) groups excluding carboxylic acids is 2. The summed E-state index contributed by atoms with van der Waals surface area (Å²) in [5, 5.41) is 8.83. The van der Waals surface area contributed by atoms with Gasteiger partial charge in [-0.3, -0.25) is 38.3 Å². The van der Waals surface area contributed by atoms with Crippen LogP contribution in [0.4, 0.5) is 11.5 Å². The molecule has 0 radical (unpaired) electrons. The predicted octanol–water partition coefficient (Wildman–Crippen LogP) is 17.6. The topological polar surface area (TPSA) is 167 Å². The van der Waals surface area contributed by atoms with Crippen molar-refractivity contribution >= 4 is 81.7 Å². The van der Waals surface area contributed by atoms with E-state index in [0.717, 1.165) is 74.4 Å². The molecule has 10 aromatic rings. The van der Waals surface area contributed by atoms with Crippen molar-refractivity contribution in [1.82, 2.24) is 34.1 Å². The third-order valence-electron chi connectivity index (χ3n) is 12.0. The van der Waals surface area contributed by atoms with E-state index in [9.17, 15) is 19.2 Å². The molecule has 0 atom stereocenters. The predicted molar refractivity (Wildman–Crippen MR) is 376 cm³/mol. The number of thiophene rings is 1. The molecule has 18 heteroatoms. The van der Waals surface area contributed by atoms with Gasteiger partial charge >= 0.3 is 0 Å². The number of thioether (sulfide) groups is 4. The lowest BCUT2D eigenvalue weighted by molar-refractivity contribution is -0.114. The number of amides is 2. The quantitative estimate of drug-likeness (QED) is 0.0828. The van der Waals surface area contributed by atoms with Crippen molar-refractivity contribution in [2.24, 2.45) is 0 Å². The molecule has 2 aliphatic heterocycles. The molecule has 2 aliphatic rings. The first kappa shape index (κ1) is 70.9. The molecule has 0 fully saturated rings. The Morgan fingerprint density at radius 1 is 0.500 bits per heavy atom. The molecule has 0 saturated heterocycles. The zero-order valence-electron chi connectivity index (χ0n) is 52.0. The van der Waals surface area contributed by atoms with Crippen molar-refractivity contribution in [3.63, 3.8) is 0 Å². The number of hydrogen-bond acceptors (Lipinski definition) is 14. The number of para-hydroxylation sites is 2. The maximum atomic E-state index is 13.2. The Labute approximate surface area is 540 Å². The minimum absolute atomic E-state index is 0.0670. The number of hydrogen-bond donors (Lipinski definition) is 2. The molecular weight excluding hydrogens is 1190 g/mol. The number of benzene rings is 4. The molecular formula is C70H79N9O4S5. The largest absolute Gasteiger partial charge is 0.325 e. The summed E-state index contributed by atoms with van der Waals surface area (Å²) in [6.45, 7) is 22.0. The number of nitrogens with one attached hydrogen (secondary N) is 2. The summed E-state index contributed by atoms with van der Waals surface area (Å²) >= 11 is 7.27. The highest BCUT2D eigenvalue weighted by Gasteiger charge is 2.25. The van der Waals surface area contributed by atoms with Crippen LogP contribution in [0.25, 0.3) is 44.2 Å². The molecule has 0 aliphatic carbocycles. The Kier molecular flexibility index (Phi) is 31.5. The van der Waals surface area contributed by atoms with Gasteiger partial charge in [-0.25, -0.2) is 15.0 Å². The molecule has 12 rings (SSSR count). The molecule has 2 N–H and O–H groups in total. The fourth-order valence-electron chi connectivity index (χ4n) is 8.21. The van der Waals surface area contributed by atoms with E-state index >= 15 is 0 Å². The number of anilines is 2. The van der Waals surface area contributed by atoms with Gasteiger partial charge in [0.05, 0.1) is 49.8 Å². The van der Waals surface area contributed by atoms with Crippen LogP contribution in [0.1, 0.15) is 86.2 Å². The smallest absolute Gasteiger partial charge is 0.272 e. The van der Waals surface area contributed by atoms with Crippen molar-refractivity contribution < 1.29 is 9.59 Å². The maximum Gasteiger partial charge on any atom is 0.272 e. The first-order valence-electron chi connectivity index (χ1n) is 29.8. The highest BCUT2D eigenvalue weighted by molar-refractivity contribution is 8.00. The molecule has 88 heavy (non-hydrogen) atoms. The van der Waals surface area contributed by atoms with Gasteiger partial charge in [-0.05, 0) is 95.7 Å². The number of pyridine rings is 3. The van der Waals surface area contributed by atoms with E-state index in [1.54, 1.807) is 68.7 Å². The van der Waals surface area contributed by atoms with Gasteiger partial charge < -0.3 is 10.6 Å². The molecule has 6 aromatic heterocycles. The van der Waals surface area contributed by atoms with Crippen molar-refractivity contribution in [3.05, 3.63) is 232 Å². The number of aryl methyl sites for hydroxylation is 3. The van der Waals surface area contributed by atoms with Gasteiger partial charge in [-0.2, -0.15) is 0 Å². The zero-order valence-corrected chi connectivity index (χ0v) is 56.1. The summed E-state index contributed by atoms with van der Waals surface area (Å²) in [6, 6.07) is 52.5. The Balaban J connectivity index is 0.000000239. The number of rotatable bonds is 13. The molecule has 0 saturated carbocycles. The van der Waals surface area contributed by atoms with Crippen LogP contribution in [0, 0.1) is 6.92 Å². The van der Waals surface area contributed by atoms with Gasteiger partial charge in [0.2, 0.25) is 11.8 Å². The van der Waals surface area contributed by atoms with Crippen LogP contribution in [0.2, 0.25) is 0 Å². The normalized spacial score (nSPS) is 11.0. The van der Waals surface area contributed by atoms with Gasteiger partial charge in [0.15, 0.2) is 10.3 Å². The van der Waals surface area contributed by atoms with Crippen LogP contribution in [-0.4, -0.2) is 68.9 Å². The second kappa shape index (κ2) is 39.1. The Hall–Kier alpha value is -7.87. The van der Waals surface area contributed by atoms with Crippen LogP contribution < -0.4 is 21.8 Å². The Morgan fingerprint density at radius 2 is 1.01 bits per heavy atom. The number of aromatic nitrogens is 7. The fourth-order valence-corrected chi connectivity index (χ4v) is 12.6. The van der Waals surface area contributed by atoms with E-state index in [1.807, 2.05) is 227 Å². The van der Waals surface area contributed by atoms with Crippen molar-refractivity contribution in [2.45, 2.75) is 109 Å². The van der Waals surface area contributed by atoms with Crippen molar-refractivity contribution in [2.75, 3.05) is 33.6 Å². The number of fused-ring (bicyclic) bond motifs is 2. The second-order valence-corrected chi connectivity index (χ2v) is 22.5. The summed E-state index contributed by atoms with van der Waals surface area (Å²) in [6.07, 6.45) is 8.73.